The summed E-state index contributed by atoms with van der Waals surface area (Å²) in [5, 5.41) is 13.7. The summed E-state index contributed by atoms with van der Waals surface area (Å²) in [6.07, 6.45) is 4.23. The van der Waals surface area contributed by atoms with Crippen LogP contribution in [0.25, 0.3) is 11.2 Å². The maximum absolute atomic E-state index is 14.1. The van der Waals surface area contributed by atoms with Crippen molar-refractivity contribution in [3.63, 3.8) is 0 Å². The molecular weight excluding hydrogens is 570 g/mol. The van der Waals surface area contributed by atoms with E-state index in [0.717, 1.165) is 18.5 Å². The zero-order chi connectivity index (χ0) is 31.1. The number of rotatable bonds is 11. The number of ether oxygens (including phenoxy) is 1. The smallest absolute Gasteiger partial charge is 0.405 e. The summed E-state index contributed by atoms with van der Waals surface area (Å²) in [5.41, 5.74) is -0.376. The second-order valence-electron chi connectivity index (χ2n) is 9.30. The Bertz CT molecular complexity index is 1750. The molecular formula is C27H26F2N8O6. The first-order chi connectivity index (χ1) is 20.5. The van der Waals surface area contributed by atoms with Gasteiger partial charge in [-0.25, -0.2) is 23.5 Å². The summed E-state index contributed by atoms with van der Waals surface area (Å²) in [4.78, 5) is 65.5. The van der Waals surface area contributed by atoms with Gasteiger partial charge in [0.05, 0.1) is 6.54 Å². The number of nitrogens with zero attached hydrogens (tertiary/aromatic N) is 5. The first kappa shape index (κ1) is 30.3. The van der Waals surface area contributed by atoms with E-state index in [9.17, 15) is 28.0 Å². The van der Waals surface area contributed by atoms with Gasteiger partial charge in [0.1, 0.15) is 35.2 Å². The van der Waals surface area contributed by atoms with Crippen molar-refractivity contribution in [2.24, 2.45) is 0 Å². The van der Waals surface area contributed by atoms with Crippen LogP contribution < -0.4 is 20.9 Å². The number of pyridine rings is 1. The van der Waals surface area contributed by atoms with E-state index in [1.165, 1.54) is 39.9 Å². The van der Waals surface area contributed by atoms with Crippen LogP contribution in [0.4, 0.5) is 19.3 Å². The number of benzene rings is 1. The van der Waals surface area contributed by atoms with Gasteiger partial charge in [0.15, 0.2) is 17.2 Å². The van der Waals surface area contributed by atoms with E-state index in [0.29, 0.717) is 6.07 Å². The highest BCUT2D eigenvalue weighted by molar-refractivity contribution is 5.96. The summed E-state index contributed by atoms with van der Waals surface area (Å²) >= 11 is 0. The van der Waals surface area contributed by atoms with E-state index >= 15 is 0 Å². The molecule has 4 rings (SSSR count). The van der Waals surface area contributed by atoms with E-state index in [-0.39, 0.29) is 59.6 Å². The third-order valence-corrected chi connectivity index (χ3v) is 5.94. The Kier molecular flexibility index (Phi) is 9.39. The molecule has 0 saturated heterocycles. The molecule has 0 unspecified atom stereocenters. The van der Waals surface area contributed by atoms with Gasteiger partial charge < -0.3 is 34.9 Å². The van der Waals surface area contributed by atoms with Gasteiger partial charge in [0, 0.05) is 26.4 Å². The molecule has 0 bridgehead atoms. The Morgan fingerprint density at radius 3 is 2.72 bits per heavy atom. The molecule has 0 aliphatic rings. The summed E-state index contributed by atoms with van der Waals surface area (Å²) in [6, 6.07) is 4.45. The highest BCUT2D eigenvalue weighted by Gasteiger charge is 2.21. The summed E-state index contributed by atoms with van der Waals surface area (Å²) in [5.74, 6) is -2.85. The lowest BCUT2D eigenvalue weighted by Gasteiger charge is -2.16. The SMILES string of the molecule is CN(C)C(=O)/C=C/CC[C@H](NC(=O)O)C(=O)Nc1cccn(Cc2nc3ncnc(Oc4ccc(F)cc4F)c3[nH]2)c1=O. The van der Waals surface area contributed by atoms with Crippen molar-refractivity contribution in [1.29, 1.82) is 0 Å². The lowest BCUT2D eigenvalue weighted by Crippen LogP contribution is -2.44. The number of anilines is 1. The lowest BCUT2D eigenvalue weighted by molar-refractivity contribution is -0.123. The number of aromatic amines is 1. The molecule has 3 heterocycles. The minimum absolute atomic E-state index is 0.0304. The van der Waals surface area contributed by atoms with Gasteiger partial charge in [-0.05, 0) is 43.2 Å². The Balaban J connectivity index is 1.49. The molecule has 0 aliphatic carbocycles. The number of hydrogen-bond donors (Lipinski definition) is 4. The predicted molar refractivity (Wildman–Crippen MR) is 149 cm³/mol. The number of fused-ring (bicyclic) bond motifs is 1. The van der Waals surface area contributed by atoms with E-state index in [1.54, 1.807) is 14.1 Å². The fourth-order valence-electron chi connectivity index (χ4n) is 3.82. The zero-order valence-corrected chi connectivity index (χ0v) is 22.9. The van der Waals surface area contributed by atoms with Crippen molar-refractivity contribution in [3.8, 4) is 11.6 Å². The maximum atomic E-state index is 14.1. The lowest BCUT2D eigenvalue weighted by atomic mass is 10.1. The molecule has 14 nitrogen and oxygen atoms in total. The molecule has 0 spiro atoms. The third-order valence-electron chi connectivity index (χ3n) is 5.94. The van der Waals surface area contributed by atoms with Crippen molar-refractivity contribution in [1.82, 2.24) is 34.7 Å². The van der Waals surface area contributed by atoms with Crippen molar-refractivity contribution < 1.29 is 33.0 Å². The third kappa shape index (κ3) is 7.75. The average Bonchev–Trinajstić information content (AvgIpc) is 3.37. The van der Waals surface area contributed by atoms with E-state index in [4.69, 9.17) is 9.84 Å². The van der Waals surface area contributed by atoms with Crippen LogP contribution in [-0.2, 0) is 16.1 Å². The number of aromatic nitrogens is 5. The van der Waals surface area contributed by atoms with Gasteiger partial charge >= 0.3 is 6.09 Å². The van der Waals surface area contributed by atoms with Crippen LogP contribution in [0.5, 0.6) is 11.6 Å². The second-order valence-corrected chi connectivity index (χ2v) is 9.30. The van der Waals surface area contributed by atoms with Crippen molar-refractivity contribution in [2.45, 2.75) is 25.4 Å². The monoisotopic (exact) mass is 596 g/mol. The van der Waals surface area contributed by atoms with Gasteiger partial charge in [-0.15, -0.1) is 0 Å². The van der Waals surface area contributed by atoms with Crippen LogP contribution in [0.3, 0.4) is 0 Å². The number of halogens is 2. The number of amides is 3. The normalized spacial score (nSPS) is 11.8. The van der Waals surface area contributed by atoms with E-state index < -0.39 is 35.2 Å². The number of carbonyl (C=O) groups excluding carboxylic acids is 2. The Morgan fingerprint density at radius 2 is 2.00 bits per heavy atom. The average molecular weight is 597 g/mol. The fraction of sp³-hybridized carbons (Fsp3) is 0.222. The first-order valence-corrected chi connectivity index (χ1v) is 12.7. The molecule has 0 saturated carbocycles. The number of allylic oxidation sites excluding steroid dienone is 1. The van der Waals surface area contributed by atoms with Crippen LogP contribution in [0, 0.1) is 11.6 Å². The van der Waals surface area contributed by atoms with Gasteiger partial charge in [-0.1, -0.05) is 6.08 Å². The maximum Gasteiger partial charge on any atom is 0.405 e. The number of carboxylic acid groups (broad SMARTS) is 1. The summed E-state index contributed by atoms with van der Waals surface area (Å²) in [7, 11) is 3.15. The molecule has 1 aromatic carbocycles. The zero-order valence-electron chi connectivity index (χ0n) is 22.9. The largest absolute Gasteiger partial charge is 0.465 e. The van der Waals surface area contributed by atoms with Crippen molar-refractivity contribution >= 4 is 34.8 Å². The van der Waals surface area contributed by atoms with Crippen molar-refractivity contribution in [2.75, 3.05) is 19.4 Å². The fourth-order valence-corrected chi connectivity index (χ4v) is 3.82. The highest BCUT2D eigenvalue weighted by atomic mass is 19.1. The molecule has 4 aromatic rings. The molecule has 16 heteroatoms. The molecule has 0 aliphatic heterocycles. The van der Waals surface area contributed by atoms with Crippen LogP contribution >= 0.6 is 0 Å². The minimum Gasteiger partial charge on any atom is -0.465 e. The van der Waals surface area contributed by atoms with Crippen LogP contribution in [0.2, 0.25) is 0 Å². The molecule has 1 atom stereocenters. The molecule has 43 heavy (non-hydrogen) atoms. The summed E-state index contributed by atoms with van der Waals surface area (Å²) in [6.45, 7) is -0.106. The van der Waals surface area contributed by atoms with Crippen LogP contribution in [-0.4, -0.2) is 72.6 Å². The molecule has 0 radical (unpaired) electrons. The number of likely N-dealkylation sites (N-methyl/N-ethyl adjacent to an activating group) is 1. The Morgan fingerprint density at radius 1 is 1.21 bits per heavy atom. The molecule has 4 N–H and O–H groups in total. The first-order valence-electron chi connectivity index (χ1n) is 12.7. The van der Waals surface area contributed by atoms with E-state index in [1.807, 2.05) is 0 Å². The topological polar surface area (TPSA) is 184 Å². The predicted octanol–water partition coefficient (Wildman–Crippen LogP) is 2.63. The second kappa shape index (κ2) is 13.3. The number of imidazole rings is 1. The Labute approximate surface area is 242 Å². The number of H-pyrrole nitrogens is 1. The van der Waals surface area contributed by atoms with Gasteiger partial charge in [0.2, 0.25) is 17.7 Å². The summed E-state index contributed by atoms with van der Waals surface area (Å²) < 4.78 is 34.1. The number of carbonyl (C=O) groups is 3. The molecule has 0 fully saturated rings. The van der Waals surface area contributed by atoms with Gasteiger partial charge in [-0.2, -0.15) is 4.98 Å². The molecule has 3 amide bonds. The standard InChI is InChI=1S/C27H26F2N8O6/c1-36(2)21(38)8-4-3-6-17(33-27(41)42)24(39)32-18-7-5-11-37(26(18)40)13-20-34-22-23(35-20)30-14-31-25(22)43-19-10-9-15(28)12-16(19)29/h4-5,7-12,14,17,33H,3,6,13H2,1-2H3,(H,32,39)(H,41,42)(H,30,31,34,35)/b8-4+/t17-/m0/s1. The number of hydrogen-bond acceptors (Lipinski definition) is 8. The molecule has 3 aromatic heterocycles. The van der Waals surface area contributed by atoms with Crippen LogP contribution in [0.1, 0.15) is 18.7 Å². The van der Waals surface area contributed by atoms with E-state index in [2.05, 4.69) is 30.6 Å². The van der Waals surface area contributed by atoms with Crippen LogP contribution in [0.15, 0.2) is 59.8 Å². The minimum atomic E-state index is -1.43. The number of nitrogens with one attached hydrogen (secondary N) is 3. The van der Waals surface area contributed by atoms with Gasteiger partial charge in [0.25, 0.3) is 5.56 Å². The highest BCUT2D eigenvalue weighted by Crippen LogP contribution is 2.27. The molecule has 224 valence electrons. The van der Waals surface area contributed by atoms with Gasteiger partial charge in [-0.3, -0.25) is 14.4 Å². The quantitative estimate of drug-likeness (QED) is 0.189. The Hall–Kier alpha value is -5.67. The van der Waals surface area contributed by atoms with Crippen molar-refractivity contribution in [3.05, 3.63) is 82.8 Å².